The molecule has 0 saturated carbocycles. The van der Waals surface area contributed by atoms with E-state index in [1.807, 2.05) is 31.2 Å². The summed E-state index contributed by atoms with van der Waals surface area (Å²) >= 11 is 12.8. The minimum Gasteiger partial charge on any atom is -0.343 e. The molecule has 10 nitrogen and oxygen atoms in total. The van der Waals surface area contributed by atoms with Crippen molar-refractivity contribution in [3.8, 4) is 11.3 Å². The number of carbonyl (C=O) groups excluding carboxylic acids is 2. The van der Waals surface area contributed by atoms with Crippen LogP contribution in [0.15, 0.2) is 58.7 Å². The number of rotatable bonds is 6. The summed E-state index contributed by atoms with van der Waals surface area (Å²) in [6.07, 6.45) is 6.86. The molecule has 0 spiro atoms. The number of anilines is 2. The molecule has 1 aliphatic rings. The monoisotopic (exact) mass is 580 g/mol. The van der Waals surface area contributed by atoms with Crippen LogP contribution in [-0.2, 0) is 9.59 Å². The van der Waals surface area contributed by atoms with Gasteiger partial charge in [0.05, 0.1) is 17.4 Å². The van der Waals surface area contributed by atoms with Crippen molar-refractivity contribution in [2.75, 3.05) is 10.3 Å². The van der Waals surface area contributed by atoms with Gasteiger partial charge in [0.25, 0.3) is 0 Å². The molecule has 4 rings (SSSR count). The lowest BCUT2D eigenvalue weighted by Gasteiger charge is -2.18. The maximum absolute atomic E-state index is 13.1. The molecule has 0 fully saturated rings. The van der Waals surface area contributed by atoms with E-state index < -0.39 is 6.04 Å². The molecule has 1 aliphatic heterocycles. The smallest absolute Gasteiger partial charge is 0.244 e. The minimum atomic E-state index is -0.442. The van der Waals surface area contributed by atoms with Crippen molar-refractivity contribution in [1.29, 1.82) is 0 Å². The van der Waals surface area contributed by atoms with E-state index >= 15 is 0 Å². The molecule has 2 heterocycles. The molecule has 0 saturated heterocycles. The number of nitrogens with two attached hydrogens (primary N) is 1. The third-order valence-corrected chi connectivity index (χ3v) is 6.95. The van der Waals surface area contributed by atoms with Crippen molar-refractivity contribution >= 4 is 65.5 Å². The van der Waals surface area contributed by atoms with Gasteiger partial charge >= 0.3 is 0 Å². The van der Waals surface area contributed by atoms with Crippen molar-refractivity contribution in [1.82, 2.24) is 15.3 Å². The van der Waals surface area contributed by atoms with Gasteiger partial charge in [0.15, 0.2) is 0 Å². The number of aromatic nitrogens is 2. The van der Waals surface area contributed by atoms with Gasteiger partial charge in [-0.15, -0.1) is 5.10 Å². The molecule has 2 bridgehead atoms. The Labute approximate surface area is 242 Å². The number of imidazole rings is 1. The number of hydrogen-bond acceptors (Lipinski definition) is 6. The third kappa shape index (κ3) is 7.35. The van der Waals surface area contributed by atoms with Crippen LogP contribution in [-0.4, -0.2) is 34.8 Å². The molecule has 12 heteroatoms. The van der Waals surface area contributed by atoms with Gasteiger partial charge in [-0.05, 0) is 42.7 Å². The molecule has 208 valence electrons. The average Bonchev–Trinajstić information content (AvgIpc) is 3.31. The van der Waals surface area contributed by atoms with Crippen molar-refractivity contribution < 1.29 is 9.59 Å². The van der Waals surface area contributed by atoms with Gasteiger partial charge in [-0.3, -0.25) is 14.6 Å². The maximum Gasteiger partial charge on any atom is 0.244 e. The molecule has 1 unspecified atom stereocenters. The number of aromatic amines is 1. The summed E-state index contributed by atoms with van der Waals surface area (Å²) in [6.45, 7) is 5.34. The summed E-state index contributed by atoms with van der Waals surface area (Å²) in [6, 6.07) is 12.0. The highest BCUT2D eigenvalue weighted by molar-refractivity contribution is 6.32. The van der Waals surface area contributed by atoms with Crippen molar-refractivity contribution in [3.63, 3.8) is 0 Å². The fourth-order valence-corrected chi connectivity index (χ4v) is 4.93. The zero-order valence-corrected chi connectivity index (χ0v) is 23.4. The largest absolute Gasteiger partial charge is 0.343 e. The number of hydrazine groups is 1. The number of nitrogens with one attached hydrogen (secondary N) is 3. The molecule has 1 aromatic heterocycles. The fourth-order valence-electron chi connectivity index (χ4n) is 4.51. The van der Waals surface area contributed by atoms with Crippen LogP contribution in [0.25, 0.3) is 17.3 Å². The molecular formula is C28H30Cl2N8O2. The normalized spacial score (nSPS) is 17.9. The van der Waals surface area contributed by atoms with Gasteiger partial charge in [0.2, 0.25) is 11.8 Å². The lowest BCUT2D eigenvalue weighted by atomic mass is 9.98. The van der Waals surface area contributed by atoms with E-state index in [9.17, 15) is 9.59 Å². The van der Waals surface area contributed by atoms with Crippen molar-refractivity contribution in [3.05, 3.63) is 70.1 Å². The van der Waals surface area contributed by atoms with E-state index in [0.29, 0.717) is 57.0 Å². The molecule has 2 aromatic carbocycles. The number of amides is 2. The third-order valence-electron chi connectivity index (χ3n) is 6.44. The van der Waals surface area contributed by atoms with Gasteiger partial charge < -0.3 is 15.6 Å². The summed E-state index contributed by atoms with van der Waals surface area (Å²) in [5.41, 5.74) is 2.97. The summed E-state index contributed by atoms with van der Waals surface area (Å²) in [5, 5.41) is 15.2. The standard InChI is InChI=1S/C28H30Cl2N8O2/c1-17-6-5-9-22(28-36-26(27(30)37-28)20-7-3-4-8-21(20)34-25(40)14-17)35-24(39)13-10-18-15-19(29)11-12-23(18)38(31)16-33-32-2/h3-4,7-8,10-13,15-17,22H,2,5-6,9,14,31H2,1H3,(H,34,40)(H,35,39)(H,36,37)/b13-10+,33-16-/t17?,22-/m0/s1. The highest BCUT2D eigenvalue weighted by Gasteiger charge is 2.23. The Morgan fingerprint density at radius 1 is 1.25 bits per heavy atom. The van der Waals surface area contributed by atoms with E-state index in [4.69, 9.17) is 34.0 Å². The predicted octanol–water partition coefficient (Wildman–Crippen LogP) is 5.73. The maximum atomic E-state index is 13.1. The van der Waals surface area contributed by atoms with E-state index in [1.54, 1.807) is 24.3 Å². The summed E-state index contributed by atoms with van der Waals surface area (Å²) in [4.78, 5) is 33.6. The first kappa shape index (κ1) is 29.0. The second-order valence-electron chi connectivity index (χ2n) is 9.50. The van der Waals surface area contributed by atoms with Gasteiger partial charge in [-0.2, -0.15) is 5.10 Å². The number of hydrogen-bond donors (Lipinski definition) is 4. The highest BCUT2D eigenvalue weighted by atomic mass is 35.5. The first-order valence-corrected chi connectivity index (χ1v) is 13.5. The van der Waals surface area contributed by atoms with E-state index in [2.05, 4.69) is 32.5 Å². The zero-order chi connectivity index (χ0) is 28.6. The molecule has 5 N–H and O–H groups in total. The molecule has 3 aromatic rings. The van der Waals surface area contributed by atoms with Crippen molar-refractivity contribution in [2.45, 2.75) is 38.6 Å². The lowest BCUT2D eigenvalue weighted by molar-refractivity contribution is -0.117. The minimum absolute atomic E-state index is 0.0653. The second-order valence-corrected chi connectivity index (χ2v) is 10.3. The molecule has 0 aliphatic carbocycles. The van der Waals surface area contributed by atoms with Crippen LogP contribution < -0.4 is 21.5 Å². The highest BCUT2D eigenvalue weighted by Crippen LogP contribution is 2.34. The molecular weight excluding hydrogens is 551 g/mol. The van der Waals surface area contributed by atoms with Crippen LogP contribution in [0.5, 0.6) is 0 Å². The van der Waals surface area contributed by atoms with E-state index in [-0.39, 0.29) is 17.7 Å². The van der Waals surface area contributed by atoms with Crippen LogP contribution in [0, 0.1) is 5.92 Å². The fraction of sp³-hybridized carbons (Fsp3) is 0.250. The molecule has 2 amide bonds. The Balaban J connectivity index is 1.61. The average molecular weight is 582 g/mol. The molecule has 0 radical (unpaired) electrons. The van der Waals surface area contributed by atoms with Crippen LogP contribution in [0.1, 0.15) is 50.0 Å². The Morgan fingerprint density at radius 3 is 2.85 bits per heavy atom. The van der Waals surface area contributed by atoms with Crippen LogP contribution in [0.4, 0.5) is 11.4 Å². The van der Waals surface area contributed by atoms with Gasteiger partial charge in [-0.1, -0.05) is 61.2 Å². The van der Waals surface area contributed by atoms with Crippen LogP contribution >= 0.6 is 23.2 Å². The number of benzene rings is 2. The Kier molecular flexibility index (Phi) is 9.70. The first-order valence-electron chi connectivity index (χ1n) is 12.7. The lowest BCUT2D eigenvalue weighted by Crippen LogP contribution is -2.29. The van der Waals surface area contributed by atoms with Crippen molar-refractivity contribution in [2.24, 2.45) is 22.0 Å². The van der Waals surface area contributed by atoms with E-state index in [1.165, 1.54) is 17.4 Å². The SMILES string of the molecule is C=N/N=C\N(N)c1ccc(Cl)cc1/C=C/C(=O)N[C@H]1CCCC(C)CC(=O)Nc2ccccc2-c2nc1[nH]c2Cl. The number of para-hydroxylation sites is 1. The molecule has 40 heavy (non-hydrogen) atoms. The van der Waals surface area contributed by atoms with E-state index in [0.717, 1.165) is 12.8 Å². The van der Waals surface area contributed by atoms with Gasteiger partial charge in [-0.25, -0.2) is 10.8 Å². The quantitative estimate of drug-likeness (QED) is 0.0968. The van der Waals surface area contributed by atoms with Crippen LogP contribution in [0.3, 0.4) is 0 Å². The van der Waals surface area contributed by atoms with Gasteiger partial charge in [0, 0.05) is 35.4 Å². The Hall–Kier alpha value is -3.99. The zero-order valence-electron chi connectivity index (χ0n) is 21.9. The predicted molar refractivity (Wildman–Crippen MR) is 161 cm³/mol. The first-order chi connectivity index (χ1) is 19.2. The summed E-state index contributed by atoms with van der Waals surface area (Å²) < 4.78 is 0. The Morgan fingerprint density at radius 2 is 2.05 bits per heavy atom. The van der Waals surface area contributed by atoms with Gasteiger partial charge in [0.1, 0.15) is 23.0 Å². The Bertz CT molecular complexity index is 1450. The topological polar surface area (TPSA) is 141 Å². The summed E-state index contributed by atoms with van der Waals surface area (Å²) in [5.74, 6) is 6.33. The number of nitrogens with zero attached hydrogens (tertiary/aromatic N) is 4. The van der Waals surface area contributed by atoms with Crippen LogP contribution in [0.2, 0.25) is 10.2 Å². The number of carbonyl (C=O) groups is 2. The number of H-pyrrole nitrogens is 1. The molecule has 2 atom stereocenters. The number of halogens is 2. The summed E-state index contributed by atoms with van der Waals surface area (Å²) in [7, 11) is 0. The second kappa shape index (κ2) is 13.4. The number of fused-ring (bicyclic) bond motifs is 4.